The number of esters is 1. The summed E-state index contributed by atoms with van der Waals surface area (Å²) in [4.78, 5) is 14.3. The summed E-state index contributed by atoms with van der Waals surface area (Å²) in [5, 5.41) is 0. The molecule has 0 atom stereocenters. The van der Waals surface area contributed by atoms with E-state index in [0.29, 0.717) is 19.7 Å². The number of carbonyl (C=O) groups is 1. The van der Waals surface area contributed by atoms with Crippen molar-refractivity contribution in [3.05, 3.63) is 83.7 Å². The first kappa shape index (κ1) is 20.0. The molecule has 5 heteroatoms. The number of carbonyl (C=O) groups excluding carboxylic acids is 1. The minimum atomic E-state index is -0.449. The van der Waals surface area contributed by atoms with Crippen LogP contribution in [0.3, 0.4) is 0 Å². The number of hydrogen-bond acceptors (Lipinski definition) is 5. The Balaban J connectivity index is 1.57. The number of nitrogens with zero attached hydrogens (tertiary/aromatic N) is 1. The third-order valence-electron chi connectivity index (χ3n) is 4.78. The number of hydrogen-bond donors (Lipinski definition) is 1. The van der Waals surface area contributed by atoms with E-state index in [4.69, 9.17) is 15.2 Å². The van der Waals surface area contributed by atoms with Crippen LogP contribution >= 0.6 is 0 Å². The summed E-state index contributed by atoms with van der Waals surface area (Å²) in [7, 11) is 0. The smallest absolute Gasteiger partial charge is 0.336 e. The molecule has 0 radical (unpaired) electrons. The summed E-state index contributed by atoms with van der Waals surface area (Å²) >= 11 is 0. The van der Waals surface area contributed by atoms with E-state index in [1.807, 2.05) is 12.1 Å². The summed E-state index contributed by atoms with van der Waals surface area (Å²) in [5.74, 6) is -0.337. The maximum absolute atomic E-state index is 12.0. The number of unbranched alkanes of at least 4 members (excludes halogenated alkanes) is 1. The number of rotatable bonds is 9. The highest BCUT2D eigenvalue weighted by Gasteiger charge is 2.36. The summed E-state index contributed by atoms with van der Waals surface area (Å²) < 4.78 is 10.8. The Bertz CT molecular complexity index is 731. The van der Waals surface area contributed by atoms with E-state index in [-0.39, 0.29) is 18.0 Å². The largest absolute Gasteiger partial charge is 0.479 e. The molecule has 0 bridgehead atoms. The van der Waals surface area contributed by atoms with Gasteiger partial charge in [-0.2, -0.15) is 0 Å². The lowest BCUT2D eigenvalue weighted by atomic mass is 9.94. The van der Waals surface area contributed by atoms with Crippen molar-refractivity contribution in [2.24, 2.45) is 5.73 Å². The van der Waals surface area contributed by atoms with Crippen LogP contribution in [-0.4, -0.2) is 36.7 Å². The fraction of sp³-hybridized carbons (Fsp3) is 0.348. The van der Waals surface area contributed by atoms with Crippen LogP contribution < -0.4 is 5.73 Å². The third-order valence-corrected chi connectivity index (χ3v) is 4.78. The third kappa shape index (κ3) is 5.36. The highest BCUT2D eigenvalue weighted by Crippen LogP contribution is 2.32. The van der Waals surface area contributed by atoms with Gasteiger partial charge in [0.15, 0.2) is 5.88 Å². The van der Waals surface area contributed by atoms with Crippen molar-refractivity contribution in [1.82, 2.24) is 4.90 Å². The quantitative estimate of drug-likeness (QED) is 0.312. The molecule has 0 spiro atoms. The molecule has 148 valence electrons. The molecule has 2 aromatic rings. The Morgan fingerprint density at radius 2 is 1.68 bits per heavy atom. The molecule has 3 rings (SSSR count). The van der Waals surface area contributed by atoms with Crippen molar-refractivity contribution in [3.8, 4) is 0 Å². The maximum Gasteiger partial charge on any atom is 0.336 e. The Labute approximate surface area is 166 Å². The zero-order chi connectivity index (χ0) is 19.8. The van der Waals surface area contributed by atoms with Crippen LogP contribution in [0.25, 0.3) is 0 Å². The number of benzene rings is 2. The van der Waals surface area contributed by atoms with Crippen LogP contribution in [0, 0.1) is 0 Å². The molecule has 0 unspecified atom stereocenters. The lowest BCUT2D eigenvalue weighted by Crippen LogP contribution is -2.54. The van der Waals surface area contributed by atoms with Crippen LogP contribution in [0.5, 0.6) is 0 Å². The molecule has 0 saturated carbocycles. The minimum absolute atomic E-state index is 0.112. The molecule has 1 aliphatic rings. The molecular weight excluding hydrogens is 352 g/mol. The van der Waals surface area contributed by atoms with Crippen LogP contribution in [0.2, 0.25) is 0 Å². The molecular formula is C23H28N2O3. The lowest BCUT2D eigenvalue weighted by Gasteiger charge is -2.43. The van der Waals surface area contributed by atoms with E-state index < -0.39 is 5.97 Å². The van der Waals surface area contributed by atoms with Gasteiger partial charge in [0.2, 0.25) is 0 Å². The van der Waals surface area contributed by atoms with Crippen LogP contribution in [-0.2, 0) is 14.3 Å². The van der Waals surface area contributed by atoms with Gasteiger partial charge in [0.1, 0.15) is 6.10 Å². The monoisotopic (exact) mass is 380 g/mol. The molecule has 1 heterocycles. The molecule has 2 N–H and O–H groups in total. The van der Waals surface area contributed by atoms with E-state index >= 15 is 0 Å². The zero-order valence-electron chi connectivity index (χ0n) is 16.3. The SMILES string of the molecule is CCCCOC(N)=CC(=O)OC1CN(C(c2ccccc2)c2ccccc2)C1. The molecule has 1 aliphatic heterocycles. The average molecular weight is 380 g/mol. The van der Waals surface area contributed by atoms with Crippen LogP contribution in [0.15, 0.2) is 72.6 Å². The minimum Gasteiger partial charge on any atom is -0.479 e. The molecule has 28 heavy (non-hydrogen) atoms. The van der Waals surface area contributed by atoms with Gasteiger partial charge in [0.05, 0.1) is 18.7 Å². The topological polar surface area (TPSA) is 64.8 Å². The fourth-order valence-electron chi connectivity index (χ4n) is 3.33. The summed E-state index contributed by atoms with van der Waals surface area (Å²) in [6.45, 7) is 3.95. The van der Waals surface area contributed by atoms with E-state index in [1.165, 1.54) is 17.2 Å². The Morgan fingerprint density at radius 1 is 1.11 bits per heavy atom. The van der Waals surface area contributed by atoms with E-state index in [1.54, 1.807) is 0 Å². The number of ether oxygens (including phenoxy) is 2. The fourth-order valence-corrected chi connectivity index (χ4v) is 3.33. The van der Waals surface area contributed by atoms with Crippen LogP contribution in [0.1, 0.15) is 36.9 Å². The van der Waals surface area contributed by atoms with Gasteiger partial charge in [0, 0.05) is 13.1 Å². The van der Waals surface area contributed by atoms with Gasteiger partial charge >= 0.3 is 5.97 Å². The summed E-state index contributed by atoms with van der Waals surface area (Å²) in [6.07, 6.45) is 3.01. The normalized spacial score (nSPS) is 15.3. The number of likely N-dealkylation sites (tertiary alicyclic amines) is 1. The predicted octanol–water partition coefficient (Wildman–Crippen LogP) is 3.62. The van der Waals surface area contributed by atoms with E-state index in [0.717, 1.165) is 12.8 Å². The van der Waals surface area contributed by atoms with E-state index in [2.05, 4.69) is 60.4 Å². The molecule has 1 fully saturated rings. The second-order valence-electron chi connectivity index (χ2n) is 6.99. The van der Waals surface area contributed by atoms with Crippen molar-refractivity contribution in [3.63, 3.8) is 0 Å². The molecule has 0 amide bonds. The van der Waals surface area contributed by atoms with Gasteiger partial charge < -0.3 is 15.2 Å². The second-order valence-corrected chi connectivity index (χ2v) is 6.99. The number of nitrogens with two attached hydrogens (primary N) is 1. The van der Waals surface area contributed by atoms with Crippen molar-refractivity contribution in [1.29, 1.82) is 0 Å². The van der Waals surface area contributed by atoms with Gasteiger partial charge in [0.25, 0.3) is 0 Å². The predicted molar refractivity (Wildman–Crippen MR) is 109 cm³/mol. The Morgan fingerprint density at radius 3 is 2.21 bits per heavy atom. The van der Waals surface area contributed by atoms with Gasteiger partial charge in [-0.15, -0.1) is 0 Å². The van der Waals surface area contributed by atoms with Crippen LogP contribution in [0.4, 0.5) is 0 Å². The Hall–Kier alpha value is -2.79. The molecule has 5 nitrogen and oxygen atoms in total. The van der Waals surface area contributed by atoms with Crippen molar-refractivity contribution in [2.75, 3.05) is 19.7 Å². The van der Waals surface area contributed by atoms with Gasteiger partial charge in [-0.25, -0.2) is 4.79 Å². The first-order valence-electron chi connectivity index (χ1n) is 9.82. The summed E-state index contributed by atoms with van der Waals surface area (Å²) in [5.41, 5.74) is 8.16. The van der Waals surface area contributed by atoms with Gasteiger partial charge in [-0.1, -0.05) is 74.0 Å². The molecule has 0 aliphatic carbocycles. The second kappa shape index (κ2) is 9.95. The Kier molecular flexibility index (Phi) is 7.09. The highest BCUT2D eigenvalue weighted by molar-refractivity contribution is 5.82. The molecule has 0 aromatic heterocycles. The average Bonchev–Trinajstić information content (AvgIpc) is 2.68. The van der Waals surface area contributed by atoms with Crippen molar-refractivity contribution >= 4 is 5.97 Å². The van der Waals surface area contributed by atoms with Crippen molar-refractivity contribution < 1.29 is 14.3 Å². The van der Waals surface area contributed by atoms with E-state index in [9.17, 15) is 4.79 Å². The standard InChI is InChI=1S/C23H28N2O3/c1-2-3-14-27-21(24)15-22(26)28-20-16-25(17-20)23(18-10-6-4-7-11-18)19-12-8-5-9-13-19/h4-13,15,20,23H,2-3,14,16-17,24H2,1H3. The first-order valence-corrected chi connectivity index (χ1v) is 9.82. The van der Waals surface area contributed by atoms with Gasteiger partial charge in [-0.05, 0) is 17.5 Å². The lowest BCUT2D eigenvalue weighted by molar-refractivity contribution is -0.152. The molecule has 2 aromatic carbocycles. The first-order chi connectivity index (χ1) is 13.7. The van der Waals surface area contributed by atoms with Crippen molar-refractivity contribution in [2.45, 2.75) is 31.9 Å². The zero-order valence-corrected chi connectivity index (χ0v) is 16.3. The summed E-state index contributed by atoms with van der Waals surface area (Å²) in [6, 6.07) is 20.9. The molecule has 1 saturated heterocycles. The maximum atomic E-state index is 12.0. The van der Waals surface area contributed by atoms with Gasteiger partial charge in [-0.3, -0.25) is 4.90 Å². The highest BCUT2D eigenvalue weighted by atomic mass is 16.5.